The van der Waals surface area contributed by atoms with E-state index in [9.17, 15) is 8.42 Å². The van der Waals surface area contributed by atoms with Gasteiger partial charge in [-0.05, 0) is 30.3 Å². The van der Waals surface area contributed by atoms with Crippen molar-refractivity contribution >= 4 is 33.1 Å². The highest BCUT2D eigenvalue weighted by Gasteiger charge is 2.24. The Balaban J connectivity index is 1.55. The molecule has 0 atom stereocenters. The van der Waals surface area contributed by atoms with Gasteiger partial charge in [-0.15, -0.1) is 0 Å². The first-order valence-corrected chi connectivity index (χ1v) is 10.4. The van der Waals surface area contributed by atoms with Gasteiger partial charge in [0.2, 0.25) is 5.88 Å². The van der Waals surface area contributed by atoms with E-state index in [-0.39, 0.29) is 4.90 Å². The molecule has 1 aliphatic heterocycles. The van der Waals surface area contributed by atoms with Gasteiger partial charge in [0.15, 0.2) is 0 Å². The first kappa shape index (κ1) is 19.6. The molecule has 0 fully saturated rings. The molecule has 9 nitrogen and oxygen atoms in total. The van der Waals surface area contributed by atoms with Crippen molar-refractivity contribution in [2.75, 3.05) is 35.8 Å². The maximum Gasteiger partial charge on any atom is 0.262 e. The summed E-state index contributed by atoms with van der Waals surface area (Å²) in [6.45, 7) is 0.369. The zero-order valence-corrected chi connectivity index (χ0v) is 17.1. The standard InChI is InChI=1S/C20H20N4O5S/c1-27-15-9-16(28-2)11-17(10-15)30(25,26)23-13-3-5-14(6-4-13)24-12-22-20-18(19(24)21)7-8-29-20/h3-11,21-23H,12H2,1-2H3. The van der Waals surface area contributed by atoms with Crippen LogP contribution in [0.15, 0.2) is 64.1 Å². The Morgan fingerprint density at radius 1 is 1.07 bits per heavy atom. The van der Waals surface area contributed by atoms with Crippen LogP contribution in [0.4, 0.5) is 17.3 Å². The molecule has 1 aromatic heterocycles. The van der Waals surface area contributed by atoms with Gasteiger partial charge in [0.05, 0.1) is 37.6 Å². The van der Waals surface area contributed by atoms with Gasteiger partial charge in [-0.25, -0.2) is 8.42 Å². The molecule has 30 heavy (non-hydrogen) atoms. The lowest BCUT2D eigenvalue weighted by Crippen LogP contribution is -2.39. The average molecular weight is 428 g/mol. The number of fused-ring (bicyclic) bond motifs is 1. The van der Waals surface area contributed by atoms with Gasteiger partial charge in [0, 0.05) is 29.6 Å². The molecule has 0 saturated carbocycles. The molecule has 1 aliphatic rings. The Labute approximate surface area is 173 Å². The van der Waals surface area contributed by atoms with Crippen molar-refractivity contribution in [1.29, 1.82) is 5.41 Å². The number of furan rings is 1. The Morgan fingerprint density at radius 3 is 2.37 bits per heavy atom. The van der Waals surface area contributed by atoms with Gasteiger partial charge < -0.3 is 24.1 Å². The molecule has 156 valence electrons. The summed E-state index contributed by atoms with van der Waals surface area (Å²) < 4.78 is 43.7. The minimum Gasteiger partial charge on any atom is -0.497 e. The van der Waals surface area contributed by atoms with E-state index in [4.69, 9.17) is 19.3 Å². The van der Waals surface area contributed by atoms with Crippen molar-refractivity contribution in [1.82, 2.24) is 0 Å². The fourth-order valence-electron chi connectivity index (χ4n) is 3.09. The Morgan fingerprint density at radius 2 is 1.73 bits per heavy atom. The number of rotatable bonds is 6. The number of amidine groups is 1. The quantitative estimate of drug-likeness (QED) is 0.551. The summed E-state index contributed by atoms with van der Waals surface area (Å²) in [6, 6.07) is 12.9. The molecular weight excluding hydrogens is 408 g/mol. The molecule has 4 rings (SSSR count). The number of sulfonamides is 1. The van der Waals surface area contributed by atoms with Crippen molar-refractivity contribution in [3.63, 3.8) is 0 Å². The van der Waals surface area contributed by atoms with Crippen LogP contribution in [0.3, 0.4) is 0 Å². The highest BCUT2D eigenvalue weighted by molar-refractivity contribution is 7.92. The predicted molar refractivity (Wildman–Crippen MR) is 113 cm³/mol. The van der Waals surface area contributed by atoms with Crippen molar-refractivity contribution in [2.24, 2.45) is 0 Å². The molecule has 0 aliphatic carbocycles. The van der Waals surface area contributed by atoms with Gasteiger partial charge in [-0.2, -0.15) is 0 Å². The van der Waals surface area contributed by atoms with Gasteiger partial charge in [0.1, 0.15) is 17.3 Å². The van der Waals surface area contributed by atoms with E-state index < -0.39 is 10.0 Å². The molecule has 0 radical (unpaired) electrons. The number of benzene rings is 2. The molecule has 0 amide bonds. The third kappa shape index (κ3) is 3.64. The minimum absolute atomic E-state index is 0.0253. The number of hydrogen-bond acceptors (Lipinski definition) is 7. The highest BCUT2D eigenvalue weighted by atomic mass is 32.2. The van der Waals surface area contributed by atoms with Crippen LogP contribution in [0.25, 0.3) is 0 Å². The normalized spacial score (nSPS) is 13.4. The molecule has 0 bridgehead atoms. The lowest BCUT2D eigenvalue weighted by Gasteiger charge is -2.29. The van der Waals surface area contributed by atoms with E-state index >= 15 is 0 Å². The molecular formula is C20H20N4O5S. The third-order valence-electron chi connectivity index (χ3n) is 4.65. The van der Waals surface area contributed by atoms with Crippen LogP contribution >= 0.6 is 0 Å². The summed E-state index contributed by atoms with van der Waals surface area (Å²) in [5.41, 5.74) is 1.80. The first-order valence-electron chi connectivity index (χ1n) is 8.95. The minimum atomic E-state index is -3.85. The van der Waals surface area contributed by atoms with E-state index in [1.807, 2.05) is 0 Å². The summed E-state index contributed by atoms with van der Waals surface area (Å²) in [7, 11) is -0.940. The summed E-state index contributed by atoms with van der Waals surface area (Å²) in [5.74, 6) is 1.61. The van der Waals surface area contributed by atoms with Gasteiger partial charge in [-0.1, -0.05) is 0 Å². The lowest BCUT2D eigenvalue weighted by atomic mass is 10.2. The van der Waals surface area contributed by atoms with Gasteiger partial charge >= 0.3 is 0 Å². The predicted octanol–water partition coefficient (Wildman–Crippen LogP) is 3.31. The van der Waals surface area contributed by atoms with Crippen LogP contribution < -0.4 is 24.4 Å². The van der Waals surface area contributed by atoms with E-state index in [0.717, 1.165) is 5.69 Å². The Kier molecular flexibility index (Phi) is 5.00. The number of nitrogens with zero attached hydrogens (tertiary/aromatic N) is 1. The zero-order valence-electron chi connectivity index (χ0n) is 16.3. The fourth-order valence-corrected chi connectivity index (χ4v) is 4.20. The van der Waals surface area contributed by atoms with Gasteiger partial charge in [0.25, 0.3) is 10.0 Å². The second kappa shape index (κ2) is 7.64. The molecule has 3 aromatic rings. The van der Waals surface area contributed by atoms with Crippen molar-refractivity contribution < 1.29 is 22.3 Å². The van der Waals surface area contributed by atoms with Crippen LogP contribution in [-0.2, 0) is 10.0 Å². The SMILES string of the molecule is COc1cc(OC)cc(S(=O)(=O)Nc2ccc(N3CNc4occc4C3=N)cc2)c1. The second-order valence-corrected chi connectivity index (χ2v) is 8.16. The number of nitrogens with one attached hydrogen (secondary N) is 3. The highest BCUT2D eigenvalue weighted by Crippen LogP contribution is 2.29. The Hall–Kier alpha value is -3.66. The van der Waals surface area contributed by atoms with E-state index in [1.165, 1.54) is 32.6 Å². The smallest absolute Gasteiger partial charge is 0.262 e. The van der Waals surface area contributed by atoms with Crippen LogP contribution in [0.5, 0.6) is 11.5 Å². The maximum absolute atomic E-state index is 12.8. The summed E-state index contributed by atoms with van der Waals surface area (Å²) >= 11 is 0. The van der Waals surface area contributed by atoms with Gasteiger partial charge in [-0.3, -0.25) is 10.1 Å². The Bertz CT molecular complexity index is 1170. The number of hydrogen-bond donors (Lipinski definition) is 3. The molecule has 0 saturated heterocycles. The molecule has 0 spiro atoms. The van der Waals surface area contributed by atoms with Crippen LogP contribution in [-0.4, -0.2) is 35.1 Å². The van der Waals surface area contributed by atoms with E-state index in [1.54, 1.807) is 41.3 Å². The zero-order chi connectivity index (χ0) is 21.3. The maximum atomic E-state index is 12.8. The fraction of sp³-hybridized carbons (Fsp3) is 0.150. The third-order valence-corrected chi connectivity index (χ3v) is 6.02. The van der Waals surface area contributed by atoms with E-state index in [2.05, 4.69) is 10.0 Å². The second-order valence-electron chi connectivity index (χ2n) is 6.48. The molecule has 2 heterocycles. The summed E-state index contributed by atoms with van der Waals surface area (Å²) in [4.78, 5) is 1.78. The van der Waals surface area contributed by atoms with Crippen molar-refractivity contribution in [2.45, 2.75) is 4.90 Å². The monoisotopic (exact) mass is 428 g/mol. The number of ether oxygens (including phenoxy) is 2. The van der Waals surface area contributed by atoms with Crippen LogP contribution in [0, 0.1) is 5.41 Å². The van der Waals surface area contributed by atoms with Crippen LogP contribution in [0.1, 0.15) is 5.56 Å². The largest absolute Gasteiger partial charge is 0.497 e. The summed E-state index contributed by atoms with van der Waals surface area (Å²) in [5, 5.41) is 11.5. The average Bonchev–Trinajstić information content (AvgIpc) is 3.24. The first-order chi connectivity index (χ1) is 14.4. The van der Waals surface area contributed by atoms with Crippen molar-refractivity contribution in [3.05, 3.63) is 60.4 Å². The molecule has 0 unspecified atom stereocenters. The number of anilines is 3. The van der Waals surface area contributed by atoms with E-state index in [0.29, 0.717) is 41.1 Å². The molecule has 2 aromatic carbocycles. The summed E-state index contributed by atoms with van der Waals surface area (Å²) in [6.07, 6.45) is 1.53. The lowest BCUT2D eigenvalue weighted by molar-refractivity contribution is 0.392. The van der Waals surface area contributed by atoms with Crippen LogP contribution in [0.2, 0.25) is 0 Å². The number of methoxy groups -OCH3 is 2. The topological polar surface area (TPSA) is 117 Å². The molecule has 3 N–H and O–H groups in total. The van der Waals surface area contributed by atoms with Crippen molar-refractivity contribution in [3.8, 4) is 11.5 Å². The molecule has 10 heteroatoms.